The van der Waals surface area contributed by atoms with E-state index < -0.39 is 24.6 Å². The fraction of sp³-hybridized carbons (Fsp3) is 0.133. The number of rotatable bonds is 4. The van der Waals surface area contributed by atoms with Crippen molar-refractivity contribution < 1.29 is 22.7 Å². The summed E-state index contributed by atoms with van der Waals surface area (Å²) in [5.74, 6) is -1.07. The molecule has 3 aromatic rings. The summed E-state index contributed by atoms with van der Waals surface area (Å²) < 4.78 is 42.3. The van der Waals surface area contributed by atoms with Gasteiger partial charge in [0.15, 0.2) is 11.7 Å². The number of fused-ring (bicyclic) bond motifs is 1. The van der Waals surface area contributed by atoms with Crippen molar-refractivity contribution in [2.45, 2.75) is 6.18 Å². The quantitative estimate of drug-likeness (QED) is 0.714. The number of alkyl halides is 3. The molecule has 10 heteroatoms. The number of halogens is 4. The largest absolute Gasteiger partial charge is 0.467 e. The summed E-state index contributed by atoms with van der Waals surface area (Å²) in [7, 11) is 0. The monoisotopic (exact) mass is 387 g/mol. The van der Waals surface area contributed by atoms with E-state index in [0.29, 0.717) is 10.5 Å². The topological polar surface area (TPSA) is 64.1 Å². The van der Waals surface area contributed by atoms with Crippen molar-refractivity contribution in [3.05, 3.63) is 47.1 Å². The van der Waals surface area contributed by atoms with Gasteiger partial charge in [-0.3, -0.25) is 10.1 Å². The zero-order valence-electron chi connectivity index (χ0n) is 12.3. The number of nitrogens with one attached hydrogen (secondary N) is 1. The Morgan fingerprint density at radius 2 is 2.12 bits per heavy atom. The van der Waals surface area contributed by atoms with E-state index in [1.54, 1.807) is 18.2 Å². The Bertz CT molecular complexity index is 930. The molecule has 0 radical (unpaired) electrons. The zero-order valence-corrected chi connectivity index (χ0v) is 13.9. The van der Waals surface area contributed by atoms with Crippen LogP contribution in [0.3, 0.4) is 0 Å². The molecule has 2 heterocycles. The number of carbonyl (C=O) groups excluding carboxylic acids is 1. The first-order valence-corrected chi connectivity index (χ1v) is 8.03. The van der Waals surface area contributed by atoms with E-state index in [2.05, 4.69) is 20.0 Å². The SMILES string of the molecule is O=C(Nc1nc2ccc(Cl)cc2s1)c1cccnc1OCC(F)(F)F. The van der Waals surface area contributed by atoms with Crippen molar-refractivity contribution in [1.82, 2.24) is 9.97 Å². The fourth-order valence-corrected chi connectivity index (χ4v) is 3.08. The lowest BCUT2D eigenvalue weighted by atomic mass is 10.2. The zero-order chi connectivity index (χ0) is 18.0. The van der Waals surface area contributed by atoms with Crippen molar-refractivity contribution in [3.8, 4) is 5.88 Å². The van der Waals surface area contributed by atoms with Crippen molar-refractivity contribution in [2.75, 3.05) is 11.9 Å². The van der Waals surface area contributed by atoms with Gasteiger partial charge in [0.25, 0.3) is 5.91 Å². The predicted octanol–water partition coefficient (Wildman–Crippen LogP) is 4.54. The van der Waals surface area contributed by atoms with Crippen LogP contribution in [0.5, 0.6) is 5.88 Å². The lowest BCUT2D eigenvalue weighted by molar-refractivity contribution is -0.154. The van der Waals surface area contributed by atoms with Gasteiger partial charge in [0.05, 0.1) is 10.2 Å². The molecule has 0 saturated heterocycles. The summed E-state index contributed by atoms with van der Waals surface area (Å²) >= 11 is 7.09. The van der Waals surface area contributed by atoms with Crippen molar-refractivity contribution in [3.63, 3.8) is 0 Å². The molecule has 0 atom stereocenters. The first-order valence-electron chi connectivity index (χ1n) is 6.84. The molecule has 0 saturated carbocycles. The van der Waals surface area contributed by atoms with Gasteiger partial charge in [-0.25, -0.2) is 9.97 Å². The molecule has 1 N–H and O–H groups in total. The standard InChI is InChI=1S/C15H9ClF3N3O2S/c16-8-3-4-10-11(6-8)25-14(21-10)22-12(23)9-2-1-5-20-13(9)24-7-15(17,18)19/h1-6H,7H2,(H,21,22,23). The Labute approximate surface area is 148 Å². The predicted molar refractivity (Wildman–Crippen MR) is 88.4 cm³/mol. The molecule has 0 fully saturated rings. The third-order valence-electron chi connectivity index (χ3n) is 2.96. The lowest BCUT2D eigenvalue weighted by Crippen LogP contribution is -2.21. The van der Waals surface area contributed by atoms with Gasteiger partial charge in [-0.05, 0) is 30.3 Å². The van der Waals surface area contributed by atoms with Gasteiger partial charge in [0.2, 0.25) is 5.88 Å². The number of carbonyl (C=O) groups is 1. The van der Waals surface area contributed by atoms with Gasteiger partial charge in [-0.1, -0.05) is 22.9 Å². The number of aromatic nitrogens is 2. The summed E-state index contributed by atoms with van der Waals surface area (Å²) in [4.78, 5) is 20.2. The molecule has 130 valence electrons. The molecule has 1 aromatic carbocycles. The molecule has 2 aromatic heterocycles. The number of hydrogen-bond acceptors (Lipinski definition) is 5. The number of thiazole rings is 1. The summed E-state index contributed by atoms with van der Waals surface area (Å²) in [6.45, 7) is -1.54. The Hall–Kier alpha value is -2.39. The first kappa shape index (κ1) is 17.4. The average molecular weight is 388 g/mol. The molecule has 0 aliphatic carbocycles. The summed E-state index contributed by atoms with van der Waals surface area (Å²) in [6, 6.07) is 7.81. The Morgan fingerprint density at radius 1 is 1.32 bits per heavy atom. The molecule has 0 unspecified atom stereocenters. The van der Waals surface area contributed by atoms with Gasteiger partial charge in [-0.2, -0.15) is 13.2 Å². The minimum Gasteiger partial charge on any atom is -0.467 e. The van der Waals surface area contributed by atoms with E-state index in [-0.39, 0.29) is 10.7 Å². The molecule has 3 rings (SSSR count). The third-order valence-corrected chi connectivity index (χ3v) is 4.13. The van der Waals surface area contributed by atoms with Gasteiger partial charge in [-0.15, -0.1) is 0 Å². The van der Waals surface area contributed by atoms with Gasteiger partial charge < -0.3 is 4.74 Å². The molecular weight excluding hydrogens is 379 g/mol. The van der Waals surface area contributed by atoms with E-state index in [1.165, 1.54) is 29.7 Å². The van der Waals surface area contributed by atoms with Gasteiger partial charge in [0.1, 0.15) is 5.56 Å². The number of pyridine rings is 1. The molecule has 0 aliphatic heterocycles. The molecule has 25 heavy (non-hydrogen) atoms. The second-order valence-electron chi connectivity index (χ2n) is 4.85. The van der Waals surface area contributed by atoms with Crippen LogP contribution in [0.2, 0.25) is 5.02 Å². The van der Waals surface area contributed by atoms with Crippen LogP contribution in [-0.2, 0) is 0 Å². The van der Waals surface area contributed by atoms with Crippen LogP contribution in [0.4, 0.5) is 18.3 Å². The minimum atomic E-state index is -4.53. The molecular formula is C15H9ClF3N3O2S. The van der Waals surface area contributed by atoms with E-state index in [0.717, 1.165) is 4.70 Å². The van der Waals surface area contributed by atoms with Gasteiger partial charge in [0, 0.05) is 11.2 Å². The highest BCUT2D eigenvalue weighted by Gasteiger charge is 2.29. The maximum Gasteiger partial charge on any atom is 0.422 e. The summed E-state index contributed by atoms with van der Waals surface area (Å²) in [5, 5.41) is 3.35. The van der Waals surface area contributed by atoms with E-state index >= 15 is 0 Å². The number of hydrogen-bond donors (Lipinski definition) is 1. The van der Waals surface area contributed by atoms with Crippen LogP contribution < -0.4 is 10.1 Å². The summed E-state index contributed by atoms with van der Waals surface area (Å²) in [5.41, 5.74) is 0.522. The second kappa shape index (κ2) is 6.85. The lowest BCUT2D eigenvalue weighted by Gasteiger charge is -2.11. The summed E-state index contributed by atoms with van der Waals surface area (Å²) in [6.07, 6.45) is -3.29. The number of amides is 1. The maximum atomic E-state index is 12.3. The van der Waals surface area contributed by atoms with Crippen LogP contribution in [-0.4, -0.2) is 28.7 Å². The number of anilines is 1. The smallest absolute Gasteiger partial charge is 0.422 e. The van der Waals surface area contributed by atoms with Crippen LogP contribution in [0.15, 0.2) is 36.5 Å². The highest BCUT2D eigenvalue weighted by Crippen LogP contribution is 2.29. The van der Waals surface area contributed by atoms with Crippen molar-refractivity contribution in [1.29, 1.82) is 0 Å². The van der Waals surface area contributed by atoms with Crippen LogP contribution in [0.1, 0.15) is 10.4 Å². The Morgan fingerprint density at radius 3 is 2.88 bits per heavy atom. The van der Waals surface area contributed by atoms with E-state index in [4.69, 9.17) is 11.6 Å². The normalized spacial score (nSPS) is 11.5. The van der Waals surface area contributed by atoms with E-state index in [1.807, 2.05) is 0 Å². The first-order chi connectivity index (χ1) is 11.8. The Balaban J connectivity index is 1.80. The molecule has 5 nitrogen and oxygen atoms in total. The molecule has 0 spiro atoms. The second-order valence-corrected chi connectivity index (χ2v) is 6.31. The maximum absolute atomic E-state index is 12.3. The van der Waals surface area contributed by atoms with Crippen LogP contribution in [0, 0.1) is 0 Å². The molecule has 0 bridgehead atoms. The van der Waals surface area contributed by atoms with Crippen molar-refractivity contribution in [2.24, 2.45) is 0 Å². The van der Waals surface area contributed by atoms with Crippen LogP contribution >= 0.6 is 22.9 Å². The highest BCUT2D eigenvalue weighted by atomic mass is 35.5. The number of nitrogens with zero attached hydrogens (tertiary/aromatic N) is 2. The average Bonchev–Trinajstić information content (AvgIpc) is 2.93. The molecule has 0 aliphatic rings. The number of benzene rings is 1. The minimum absolute atomic E-state index is 0.121. The van der Waals surface area contributed by atoms with Gasteiger partial charge >= 0.3 is 6.18 Å². The van der Waals surface area contributed by atoms with E-state index in [9.17, 15) is 18.0 Å². The molecule has 1 amide bonds. The Kier molecular flexibility index (Phi) is 4.78. The third kappa shape index (κ3) is 4.37. The van der Waals surface area contributed by atoms with Crippen LogP contribution in [0.25, 0.3) is 10.2 Å². The van der Waals surface area contributed by atoms with Crippen molar-refractivity contribution >= 4 is 44.2 Å². The number of ether oxygens (including phenoxy) is 1. The highest BCUT2D eigenvalue weighted by molar-refractivity contribution is 7.22. The fourth-order valence-electron chi connectivity index (χ4n) is 1.95.